The van der Waals surface area contributed by atoms with Crippen LogP contribution in [0.1, 0.15) is 24.9 Å². The van der Waals surface area contributed by atoms with Gasteiger partial charge in [-0.3, -0.25) is 4.90 Å². The van der Waals surface area contributed by atoms with Gasteiger partial charge in [0.05, 0.1) is 19.2 Å². The molecule has 1 aliphatic rings. The normalized spacial score (nSPS) is 22.6. The molecule has 4 heteroatoms. The fraction of sp³-hybridized carbons (Fsp3) is 0.692. The zero-order valence-electron chi connectivity index (χ0n) is 10.7. The molecule has 1 aliphatic heterocycles. The maximum Gasteiger partial charge on any atom is 0.118 e. The van der Waals surface area contributed by atoms with Gasteiger partial charge in [-0.25, -0.2) is 0 Å². The van der Waals surface area contributed by atoms with Gasteiger partial charge in [0.1, 0.15) is 11.5 Å². The maximum atomic E-state index is 5.76. The molecule has 0 saturated carbocycles. The zero-order valence-corrected chi connectivity index (χ0v) is 10.7. The average molecular weight is 238 g/mol. The molecule has 1 aromatic heterocycles. The van der Waals surface area contributed by atoms with Crippen LogP contribution in [0, 0.1) is 0 Å². The van der Waals surface area contributed by atoms with Crippen LogP contribution in [0.15, 0.2) is 16.5 Å². The van der Waals surface area contributed by atoms with Crippen molar-refractivity contribution >= 4 is 0 Å². The standard InChI is InChI=1S/C13H22N2O2/c1-11-9-15(6-3-7-16-11)10-13-5-4-12(17-13)8-14-2/h4-5,11,14H,3,6-10H2,1-2H3. The molecule has 0 bridgehead atoms. The Bertz CT molecular complexity index is 338. The van der Waals surface area contributed by atoms with Gasteiger partial charge in [-0.1, -0.05) is 0 Å². The summed E-state index contributed by atoms with van der Waals surface area (Å²) in [5.41, 5.74) is 0. The highest BCUT2D eigenvalue weighted by molar-refractivity contribution is 5.07. The third kappa shape index (κ3) is 3.84. The van der Waals surface area contributed by atoms with E-state index in [-0.39, 0.29) is 0 Å². The van der Waals surface area contributed by atoms with E-state index in [0.29, 0.717) is 6.10 Å². The number of hydrogen-bond acceptors (Lipinski definition) is 4. The van der Waals surface area contributed by atoms with Crippen LogP contribution in [0.3, 0.4) is 0 Å². The summed E-state index contributed by atoms with van der Waals surface area (Å²) in [6, 6.07) is 4.12. The summed E-state index contributed by atoms with van der Waals surface area (Å²) < 4.78 is 11.4. The second-order valence-corrected chi connectivity index (χ2v) is 4.67. The fourth-order valence-electron chi connectivity index (χ4n) is 2.22. The van der Waals surface area contributed by atoms with E-state index in [4.69, 9.17) is 9.15 Å². The quantitative estimate of drug-likeness (QED) is 0.865. The monoisotopic (exact) mass is 238 g/mol. The van der Waals surface area contributed by atoms with Gasteiger partial charge in [-0.05, 0) is 32.5 Å². The first kappa shape index (κ1) is 12.6. The predicted octanol–water partition coefficient (Wildman–Crippen LogP) is 1.61. The molecular weight excluding hydrogens is 216 g/mol. The van der Waals surface area contributed by atoms with Gasteiger partial charge in [-0.2, -0.15) is 0 Å². The van der Waals surface area contributed by atoms with E-state index < -0.39 is 0 Å². The van der Waals surface area contributed by atoms with E-state index in [0.717, 1.165) is 50.7 Å². The van der Waals surface area contributed by atoms with Crippen molar-refractivity contribution in [1.82, 2.24) is 10.2 Å². The maximum absolute atomic E-state index is 5.76. The molecule has 0 spiro atoms. The number of rotatable bonds is 4. The van der Waals surface area contributed by atoms with Crippen molar-refractivity contribution in [1.29, 1.82) is 0 Å². The van der Waals surface area contributed by atoms with Crippen molar-refractivity contribution in [2.45, 2.75) is 32.5 Å². The van der Waals surface area contributed by atoms with Crippen molar-refractivity contribution in [2.24, 2.45) is 0 Å². The summed E-state index contributed by atoms with van der Waals surface area (Å²) in [4.78, 5) is 2.40. The molecule has 1 saturated heterocycles. The van der Waals surface area contributed by atoms with Crippen LogP contribution >= 0.6 is 0 Å². The molecule has 1 atom stereocenters. The van der Waals surface area contributed by atoms with Crippen molar-refractivity contribution in [3.05, 3.63) is 23.7 Å². The first-order valence-electron chi connectivity index (χ1n) is 6.34. The zero-order chi connectivity index (χ0) is 12.1. The molecule has 2 heterocycles. The van der Waals surface area contributed by atoms with Crippen LogP contribution in [0.5, 0.6) is 0 Å². The Morgan fingerprint density at radius 3 is 3.06 bits per heavy atom. The fourth-order valence-corrected chi connectivity index (χ4v) is 2.22. The lowest BCUT2D eigenvalue weighted by molar-refractivity contribution is 0.0658. The summed E-state index contributed by atoms with van der Waals surface area (Å²) in [5, 5.41) is 3.09. The second-order valence-electron chi connectivity index (χ2n) is 4.67. The highest BCUT2D eigenvalue weighted by atomic mass is 16.5. The molecule has 4 nitrogen and oxygen atoms in total. The van der Waals surface area contributed by atoms with Crippen molar-refractivity contribution in [3.8, 4) is 0 Å². The summed E-state index contributed by atoms with van der Waals surface area (Å²) in [6.45, 7) is 6.76. The smallest absolute Gasteiger partial charge is 0.118 e. The highest BCUT2D eigenvalue weighted by Gasteiger charge is 2.16. The van der Waals surface area contributed by atoms with Crippen LogP contribution < -0.4 is 5.32 Å². The summed E-state index contributed by atoms with van der Waals surface area (Å²) >= 11 is 0. The first-order valence-corrected chi connectivity index (χ1v) is 6.34. The molecule has 0 amide bonds. The van der Waals surface area contributed by atoms with Gasteiger partial charge >= 0.3 is 0 Å². The molecule has 1 aromatic rings. The minimum atomic E-state index is 0.323. The van der Waals surface area contributed by atoms with Crippen LogP contribution in [-0.4, -0.2) is 37.7 Å². The Kier molecular flexibility index (Phi) is 4.59. The Morgan fingerprint density at radius 1 is 1.41 bits per heavy atom. The Labute approximate surface area is 103 Å². The van der Waals surface area contributed by atoms with Crippen molar-refractivity contribution in [2.75, 3.05) is 26.7 Å². The lowest BCUT2D eigenvalue weighted by atomic mass is 10.3. The number of hydrogen-bond donors (Lipinski definition) is 1. The Balaban J connectivity index is 1.89. The topological polar surface area (TPSA) is 37.6 Å². The predicted molar refractivity (Wildman–Crippen MR) is 66.8 cm³/mol. The molecule has 2 rings (SSSR count). The largest absolute Gasteiger partial charge is 0.463 e. The summed E-state index contributed by atoms with van der Waals surface area (Å²) in [6.07, 6.45) is 1.43. The average Bonchev–Trinajstić information content (AvgIpc) is 2.62. The Morgan fingerprint density at radius 2 is 2.24 bits per heavy atom. The summed E-state index contributed by atoms with van der Waals surface area (Å²) in [5.74, 6) is 2.05. The van der Waals surface area contributed by atoms with Crippen LogP contribution in [-0.2, 0) is 17.8 Å². The van der Waals surface area contributed by atoms with Crippen molar-refractivity contribution in [3.63, 3.8) is 0 Å². The first-order chi connectivity index (χ1) is 8.28. The van der Waals surface area contributed by atoms with Crippen LogP contribution in [0.25, 0.3) is 0 Å². The molecule has 0 aromatic carbocycles. The molecule has 1 unspecified atom stereocenters. The van der Waals surface area contributed by atoms with Gasteiger partial charge in [0.15, 0.2) is 0 Å². The second kappa shape index (κ2) is 6.19. The van der Waals surface area contributed by atoms with E-state index in [2.05, 4.69) is 23.2 Å². The van der Waals surface area contributed by atoms with E-state index in [1.165, 1.54) is 0 Å². The third-order valence-electron chi connectivity index (χ3n) is 2.98. The number of nitrogens with zero attached hydrogens (tertiary/aromatic N) is 1. The number of ether oxygens (including phenoxy) is 1. The van der Waals surface area contributed by atoms with Crippen molar-refractivity contribution < 1.29 is 9.15 Å². The minimum Gasteiger partial charge on any atom is -0.463 e. The van der Waals surface area contributed by atoms with Gasteiger partial charge in [-0.15, -0.1) is 0 Å². The van der Waals surface area contributed by atoms with Crippen LogP contribution in [0.2, 0.25) is 0 Å². The SMILES string of the molecule is CNCc1ccc(CN2CCCOC(C)C2)o1. The van der Waals surface area contributed by atoms with E-state index >= 15 is 0 Å². The van der Waals surface area contributed by atoms with E-state index in [1.807, 2.05) is 13.1 Å². The third-order valence-corrected chi connectivity index (χ3v) is 2.98. The molecule has 17 heavy (non-hydrogen) atoms. The molecule has 96 valence electrons. The lowest BCUT2D eigenvalue weighted by Gasteiger charge is -2.20. The Hall–Kier alpha value is -0.840. The molecule has 1 N–H and O–H groups in total. The molecule has 1 fully saturated rings. The molecular formula is C13H22N2O2. The van der Waals surface area contributed by atoms with Gasteiger partial charge in [0, 0.05) is 19.7 Å². The highest BCUT2D eigenvalue weighted by Crippen LogP contribution is 2.13. The molecule has 0 radical (unpaired) electrons. The van der Waals surface area contributed by atoms with E-state index in [9.17, 15) is 0 Å². The van der Waals surface area contributed by atoms with Gasteiger partial charge in [0.2, 0.25) is 0 Å². The van der Waals surface area contributed by atoms with Crippen LogP contribution in [0.4, 0.5) is 0 Å². The lowest BCUT2D eigenvalue weighted by Crippen LogP contribution is -2.29. The molecule has 0 aliphatic carbocycles. The summed E-state index contributed by atoms with van der Waals surface area (Å²) in [7, 11) is 1.93. The number of nitrogens with one attached hydrogen (secondary N) is 1. The van der Waals surface area contributed by atoms with Gasteiger partial charge in [0.25, 0.3) is 0 Å². The van der Waals surface area contributed by atoms with Gasteiger partial charge < -0.3 is 14.5 Å². The van der Waals surface area contributed by atoms with E-state index in [1.54, 1.807) is 0 Å². The number of furan rings is 1. The minimum absolute atomic E-state index is 0.323.